The number of fused-ring (bicyclic) bond motifs is 1. The maximum atomic E-state index is 12.6. The molecule has 0 atom stereocenters. The number of amides is 1. The lowest BCUT2D eigenvalue weighted by Gasteiger charge is -2.06. The fourth-order valence-corrected chi connectivity index (χ4v) is 3.55. The summed E-state index contributed by atoms with van der Waals surface area (Å²) in [6.07, 6.45) is 5.00. The minimum atomic E-state index is -0.152. The molecule has 0 aromatic carbocycles. The van der Waals surface area contributed by atoms with Gasteiger partial charge >= 0.3 is 0 Å². The lowest BCUT2D eigenvalue weighted by Crippen LogP contribution is -2.25. The predicted octanol–water partition coefficient (Wildman–Crippen LogP) is 4.10. The van der Waals surface area contributed by atoms with E-state index in [-0.39, 0.29) is 5.91 Å². The number of aromatic nitrogens is 4. The molecular weight excluding hydrogens is 382 g/mol. The second-order valence-corrected chi connectivity index (χ2v) is 7.30. The molecule has 136 valence electrons. The Kier molecular flexibility index (Phi) is 5.13. The topological polar surface area (TPSA) is 83.6 Å². The van der Waals surface area contributed by atoms with E-state index in [1.807, 2.05) is 23.6 Å². The highest BCUT2D eigenvalue weighted by molar-refractivity contribution is 7.13. The molecule has 0 aliphatic carbocycles. The predicted molar refractivity (Wildman–Crippen MR) is 107 cm³/mol. The molecule has 0 saturated heterocycles. The normalized spacial score (nSPS) is 11.0. The molecule has 4 heterocycles. The third kappa shape index (κ3) is 3.99. The minimum Gasteiger partial charge on any atom is -0.352 e. The molecule has 0 bridgehead atoms. The van der Waals surface area contributed by atoms with Crippen molar-refractivity contribution >= 4 is 40.0 Å². The highest BCUT2D eigenvalue weighted by Gasteiger charge is 2.15. The lowest BCUT2D eigenvalue weighted by molar-refractivity contribution is 0.0954. The Bertz CT molecular complexity index is 1060. The number of rotatable bonds is 6. The van der Waals surface area contributed by atoms with Crippen LogP contribution < -0.4 is 5.32 Å². The van der Waals surface area contributed by atoms with Crippen LogP contribution in [0.3, 0.4) is 0 Å². The number of imidazole rings is 1. The molecule has 0 radical (unpaired) electrons. The van der Waals surface area contributed by atoms with Gasteiger partial charge in [0.05, 0.1) is 10.4 Å². The van der Waals surface area contributed by atoms with Gasteiger partial charge in [-0.05, 0) is 42.0 Å². The Balaban J connectivity index is 1.42. The van der Waals surface area contributed by atoms with Crippen molar-refractivity contribution in [2.24, 2.45) is 0 Å². The average Bonchev–Trinajstić information content (AvgIpc) is 3.35. The minimum absolute atomic E-state index is 0.152. The molecule has 1 amide bonds. The number of carbonyl (C=O) groups excluding carboxylic acids is 1. The number of aromatic amines is 1. The van der Waals surface area contributed by atoms with Gasteiger partial charge in [-0.15, -0.1) is 11.3 Å². The van der Waals surface area contributed by atoms with Gasteiger partial charge in [0.2, 0.25) is 0 Å². The first-order valence-electron chi connectivity index (χ1n) is 8.48. The van der Waals surface area contributed by atoms with Crippen LogP contribution in [0.25, 0.3) is 21.9 Å². The molecule has 0 fully saturated rings. The number of carbonyl (C=O) groups is 1. The van der Waals surface area contributed by atoms with E-state index in [4.69, 9.17) is 11.6 Å². The van der Waals surface area contributed by atoms with E-state index in [1.54, 1.807) is 35.9 Å². The Morgan fingerprint density at radius 2 is 2.15 bits per heavy atom. The first kappa shape index (κ1) is 17.6. The second kappa shape index (κ2) is 7.85. The summed E-state index contributed by atoms with van der Waals surface area (Å²) in [7, 11) is 0. The van der Waals surface area contributed by atoms with Crippen LogP contribution in [0.15, 0.2) is 48.1 Å². The molecule has 4 aromatic heterocycles. The number of halogens is 1. The summed E-state index contributed by atoms with van der Waals surface area (Å²) in [5.41, 5.74) is 2.80. The van der Waals surface area contributed by atoms with E-state index in [9.17, 15) is 4.79 Å². The second-order valence-electron chi connectivity index (χ2n) is 5.97. The summed E-state index contributed by atoms with van der Waals surface area (Å²) in [4.78, 5) is 29.7. The van der Waals surface area contributed by atoms with Crippen LogP contribution in [0.4, 0.5) is 0 Å². The van der Waals surface area contributed by atoms with E-state index in [0.717, 1.165) is 29.1 Å². The monoisotopic (exact) mass is 397 g/mol. The summed E-state index contributed by atoms with van der Waals surface area (Å²) in [5, 5.41) is 5.42. The van der Waals surface area contributed by atoms with E-state index in [0.29, 0.717) is 28.4 Å². The van der Waals surface area contributed by atoms with Gasteiger partial charge in [0.1, 0.15) is 16.5 Å². The van der Waals surface area contributed by atoms with Gasteiger partial charge in [-0.3, -0.25) is 4.79 Å². The molecule has 8 heteroatoms. The van der Waals surface area contributed by atoms with Crippen LogP contribution in [-0.4, -0.2) is 32.4 Å². The zero-order valence-electron chi connectivity index (χ0n) is 14.3. The smallest absolute Gasteiger partial charge is 0.253 e. The highest BCUT2D eigenvalue weighted by atomic mass is 35.5. The first-order chi connectivity index (χ1) is 13.2. The summed E-state index contributed by atoms with van der Waals surface area (Å²) >= 11 is 7.37. The van der Waals surface area contributed by atoms with Crippen LogP contribution in [0, 0.1) is 0 Å². The maximum Gasteiger partial charge on any atom is 0.253 e. The van der Waals surface area contributed by atoms with Crippen molar-refractivity contribution in [3.63, 3.8) is 0 Å². The fraction of sp³-hybridized carbons (Fsp3) is 0.158. The van der Waals surface area contributed by atoms with Gasteiger partial charge in [-0.2, -0.15) is 0 Å². The molecular formula is C19H16ClN5OS. The number of hydrogen-bond donors (Lipinski definition) is 2. The molecule has 27 heavy (non-hydrogen) atoms. The van der Waals surface area contributed by atoms with Crippen LogP contribution in [-0.2, 0) is 6.42 Å². The summed E-state index contributed by atoms with van der Waals surface area (Å²) in [5.74, 6) is 0.573. The van der Waals surface area contributed by atoms with Crippen molar-refractivity contribution in [2.45, 2.75) is 12.8 Å². The Hall–Kier alpha value is -2.77. The number of H-pyrrole nitrogens is 1. The molecule has 0 aliphatic heterocycles. The molecule has 6 nitrogen and oxygen atoms in total. The van der Waals surface area contributed by atoms with Gasteiger partial charge in [0, 0.05) is 18.9 Å². The number of aryl methyl sites for hydroxylation is 1. The third-order valence-electron chi connectivity index (χ3n) is 4.10. The van der Waals surface area contributed by atoms with Crippen LogP contribution in [0.5, 0.6) is 0 Å². The number of hydrogen-bond acceptors (Lipinski definition) is 5. The SMILES string of the molecule is O=C(NCCCc1ccc(Cl)nc1)c1ccnc2[nH]c(-c3cccs3)nc12. The van der Waals surface area contributed by atoms with Crippen LogP contribution in [0.2, 0.25) is 5.15 Å². The van der Waals surface area contributed by atoms with Crippen molar-refractivity contribution in [1.82, 2.24) is 25.3 Å². The fourth-order valence-electron chi connectivity index (χ4n) is 2.77. The summed E-state index contributed by atoms with van der Waals surface area (Å²) in [6.45, 7) is 0.563. The molecule has 0 unspecified atom stereocenters. The van der Waals surface area contributed by atoms with E-state index >= 15 is 0 Å². The maximum absolute atomic E-state index is 12.6. The zero-order valence-corrected chi connectivity index (χ0v) is 15.8. The molecule has 4 aromatic rings. The quantitative estimate of drug-likeness (QED) is 0.379. The molecule has 0 spiro atoms. The van der Waals surface area contributed by atoms with Gasteiger partial charge < -0.3 is 10.3 Å². The number of thiophene rings is 1. The Morgan fingerprint density at radius 1 is 1.22 bits per heavy atom. The Morgan fingerprint density at radius 3 is 2.93 bits per heavy atom. The van der Waals surface area contributed by atoms with Gasteiger partial charge in [0.15, 0.2) is 5.65 Å². The van der Waals surface area contributed by atoms with E-state index in [1.165, 1.54) is 0 Å². The van der Waals surface area contributed by atoms with Gasteiger partial charge in [-0.25, -0.2) is 15.0 Å². The molecule has 2 N–H and O–H groups in total. The number of pyridine rings is 2. The third-order valence-corrected chi connectivity index (χ3v) is 5.20. The standard InChI is InChI=1S/C19H16ClN5OS/c20-15-6-5-12(11-23-15)3-1-8-22-19(26)13-7-9-21-18-16(13)24-17(25-18)14-4-2-10-27-14/h2,4-7,9-11H,1,3,8H2,(H,22,26)(H,21,24,25). The number of nitrogens with zero attached hydrogens (tertiary/aromatic N) is 3. The van der Waals surface area contributed by atoms with Crippen LogP contribution in [0.1, 0.15) is 22.3 Å². The summed E-state index contributed by atoms with van der Waals surface area (Å²) < 4.78 is 0. The highest BCUT2D eigenvalue weighted by Crippen LogP contribution is 2.25. The van der Waals surface area contributed by atoms with E-state index < -0.39 is 0 Å². The summed E-state index contributed by atoms with van der Waals surface area (Å²) in [6, 6.07) is 9.35. The largest absolute Gasteiger partial charge is 0.352 e. The molecule has 0 aliphatic rings. The molecule has 4 rings (SSSR count). The average molecular weight is 398 g/mol. The first-order valence-corrected chi connectivity index (χ1v) is 9.74. The van der Waals surface area contributed by atoms with Crippen molar-refractivity contribution in [1.29, 1.82) is 0 Å². The zero-order chi connectivity index (χ0) is 18.6. The number of nitrogens with one attached hydrogen (secondary N) is 2. The van der Waals surface area contributed by atoms with Crippen LogP contribution >= 0.6 is 22.9 Å². The van der Waals surface area contributed by atoms with E-state index in [2.05, 4.69) is 25.3 Å². The van der Waals surface area contributed by atoms with Crippen molar-refractivity contribution in [3.05, 3.63) is 64.4 Å². The van der Waals surface area contributed by atoms with Crippen molar-refractivity contribution in [3.8, 4) is 10.7 Å². The Labute approximate surface area is 164 Å². The van der Waals surface area contributed by atoms with Crippen molar-refractivity contribution in [2.75, 3.05) is 6.54 Å². The lowest BCUT2D eigenvalue weighted by atomic mass is 10.1. The van der Waals surface area contributed by atoms with Crippen molar-refractivity contribution < 1.29 is 4.79 Å². The van der Waals surface area contributed by atoms with Gasteiger partial charge in [-0.1, -0.05) is 23.7 Å². The van der Waals surface area contributed by atoms with Gasteiger partial charge in [0.25, 0.3) is 5.91 Å². The molecule has 0 saturated carbocycles.